The lowest BCUT2D eigenvalue weighted by molar-refractivity contribution is -0.660. The highest BCUT2D eigenvalue weighted by Crippen LogP contribution is 2.60. The van der Waals surface area contributed by atoms with Crippen molar-refractivity contribution in [1.29, 1.82) is 10.5 Å². The fraction of sp³-hybridized carbons (Fsp3) is 0.237. The van der Waals surface area contributed by atoms with Gasteiger partial charge in [-0.15, -0.1) is 0 Å². The molecule has 15 aromatic rings. The van der Waals surface area contributed by atoms with Gasteiger partial charge in [-0.25, -0.2) is 37.4 Å². The van der Waals surface area contributed by atoms with E-state index in [-0.39, 0.29) is 27.1 Å². The van der Waals surface area contributed by atoms with Gasteiger partial charge in [0, 0.05) is 97.4 Å². The number of aromatic nitrogens is 5. The molecular formula is C118H111N10+5. The van der Waals surface area contributed by atoms with E-state index < -0.39 is 0 Å². The van der Waals surface area contributed by atoms with Gasteiger partial charge < -0.3 is 0 Å². The molecule has 0 N–H and O–H groups in total. The molecule has 5 aliphatic rings. The van der Waals surface area contributed by atoms with Gasteiger partial charge in [-0.2, -0.15) is 10.5 Å². The van der Waals surface area contributed by atoms with Crippen molar-refractivity contribution < 1.29 is 22.8 Å². The van der Waals surface area contributed by atoms with Gasteiger partial charge in [0.25, 0.3) is 0 Å². The molecule has 128 heavy (non-hydrogen) atoms. The van der Waals surface area contributed by atoms with Crippen LogP contribution in [0.2, 0.25) is 0 Å². The maximum Gasteiger partial charge on any atom is 0.212 e. The summed E-state index contributed by atoms with van der Waals surface area (Å²) in [5, 5.41) is 19.4. The lowest BCUT2D eigenvalue weighted by Gasteiger charge is -2.25. The molecule has 10 aromatic carbocycles. The second-order valence-corrected chi connectivity index (χ2v) is 38.2. The molecule has 10 heteroatoms. The number of nitriles is 2. The summed E-state index contributed by atoms with van der Waals surface area (Å²) in [5.74, 6) is 0. The quantitative estimate of drug-likeness (QED) is 0.127. The normalized spacial score (nSPS) is 13.9. The maximum absolute atomic E-state index is 9.78. The topological polar surface area (TPSA) is 80.1 Å². The lowest BCUT2D eigenvalue weighted by atomic mass is 9.77. The zero-order chi connectivity index (χ0) is 91.4. The predicted molar refractivity (Wildman–Crippen MR) is 519 cm³/mol. The highest BCUT2D eigenvalue weighted by molar-refractivity contribution is 5.96. The molecule has 10 nitrogen and oxygen atoms in total. The van der Waals surface area contributed by atoms with Crippen LogP contribution in [0, 0.1) is 97.8 Å². The number of hydrogen-bond acceptors (Lipinski definition) is 2. The van der Waals surface area contributed by atoms with E-state index in [1.807, 2.05) is 54.6 Å². The van der Waals surface area contributed by atoms with Crippen LogP contribution >= 0.6 is 0 Å². The van der Waals surface area contributed by atoms with E-state index >= 15 is 0 Å². The van der Waals surface area contributed by atoms with E-state index in [9.17, 15) is 10.5 Å². The molecule has 0 bridgehead atoms. The predicted octanol–water partition coefficient (Wildman–Crippen LogP) is 26.3. The van der Waals surface area contributed by atoms with Gasteiger partial charge in [0.1, 0.15) is 35.2 Å². The summed E-state index contributed by atoms with van der Waals surface area (Å²) in [4.78, 5) is 11.1. The van der Waals surface area contributed by atoms with Crippen LogP contribution in [-0.2, 0) is 62.3 Å². The van der Waals surface area contributed by atoms with E-state index in [0.717, 1.165) is 39.1 Å². The Morgan fingerprint density at radius 2 is 0.633 bits per heavy atom. The van der Waals surface area contributed by atoms with Crippen LogP contribution in [0.3, 0.4) is 0 Å². The molecule has 0 spiro atoms. The Bertz CT molecular complexity index is 7440. The summed E-state index contributed by atoms with van der Waals surface area (Å²) in [5.41, 5.74) is 50.5. The molecular weight excluding hydrogens is 1560 g/mol. The fourth-order valence-corrected chi connectivity index (χ4v) is 22.0. The van der Waals surface area contributed by atoms with E-state index in [1.54, 1.807) is 0 Å². The largest absolute Gasteiger partial charge is 0.238 e. The van der Waals surface area contributed by atoms with Gasteiger partial charge in [-0.1, -0.05) is 203 Å². The minimum atomic E-state index is -0.203. The third-order valence-electron chi connectivity index (χ3n) is 27.9. The van der Waals surface area contributed by atoms with E-state index in [2.05, 4.69) is 410 Å². The molecule has 5 heterocycles. The van der Waals surface area contributed by atoms with Crippen LogP contribution in [0.25, 0.3) is 126 Å². The first kappa shape index (κ1) is 86.9. The molecule has 0 saturated heterocycles. The number of hydrogen-bond donors (Lipinski definition) is 0. The first-order valence-electron chi connectivity index (χ1n) is 44.1. The number of pyridine rings is 5. The highest BCUT2D eigenvalue weighted by Gasteiger charge is 2.47. The number of rotatable bonds is 5. The molecule has 0 amide bonds. The Kier molecular flexibility index (Phi) is 22.2. The average Bonchev–Trinajstić information content (AvgIpc) is 1.55. The van der Waals surface area contributed by atoms with Crippen LogP contribution in [0.1, 0.15) is 181 Å². The van der Waals surface area contributed by atoms with Crippen LogP contribution < -0.4 is 22.8 Å². The minimum absolute atomic E-state index is 0.0879. The second kappa shape index (κ2) is 32.7. The molecule has 20 rings (SSSR count). The van der Waals surface area contributed by atoms with Crippen LogP contribution in [0.15, 0.2) is 255 Å². The smallest absolute Gasteiger partial charge is 0.212 e. The Morgan fingerprint density at radius 1 is 0.258 bits per heavy atom. The highest BCUT2D eigenvalue weighted by atomic mass is 14.9. The Hall–Kier alpha value is -14.6. The summed E-state index contributed by atoms with van der Waals surface area (Å²) in [7, 11) is 10.5. The third-order valence-corrected chi connectivity index (χ3v) is 27.9. The average molecular weight is 1670 g/mol. The SMILES string of the molecule is Cc1cc(C#N)c2c(c1-c1cccc[n+]1C)C(C)(C)c1ccccc1-2.Cc1ccc(-c2c(C)ccc3c2C(C)(C)c2cccc(C#N)c2-3)[n+](C)c1.[C-]#[N+]c1ccc2c(c1)-c1ccc(C)c(-c3cccc[n+]3C)c1C2(C)C.[C-]#[N+]c1ccc2c(c1)C(C)(C)c1c-2ccc(C)c1-c1ccc(C)c[n+]1C.[C-]#[N+]c1cccc2c1C(C)(C)c1c-2ccc(C)c1-c1ccc(C)c[n+]1C. The van der Waals surface area contributed by atoms with Crippen LogP contribution in [-0.4, -0.2) is 0 Å². The maximum atomic E-state index is 9.78. The molecule has 0 fully saturated rings. The third kappa shape index (κ3) is 14.2. The van der Waals surface area contributed by atoms with Crippen molar-refractivity contribution in [2.45, 2.75) is 152 Å². The summed E-state index contributed by atoms with van der Waals surface area (Å²) in [6.07, 6.45) is 10.7. The van der Waals surface area contributed by atoms with Gasteiger partial charge in [0.15, 0.2) is 48.0 Å². The van der Waals surface area contributed by atoms with Crippen LogP contribution in [0.4, 0.5) is 17.1 Å². The van der Waals surface area contributed by atoms with E-state index in [4.69, 9.17) is 19.7 Å². The second-order valence-electron chi connectivity index (χ2n) is 38.2. The van der Waals surface area contributed by atoms with Crippen molar-refractivity contribution in [3.8, 4) is 124 Å². The lowest BCUT2D eigenvalue weighted by Crippen LogP contribution is -2.32. The van der Waals surface area contributed by atoms with Crippen molar-refractivity contribution in [3.05, 3.63) is 401 Å². The minimum Gasteiger partial charge on any atom is -0.238 e. The van der Waals surface area contributed by atoms with Gasteiger partial charge >= 0.3 is 0 Å². The molecule has 0 radical (unpaired) electrons. The fourth-order valence-electron chi connectivity index (χ4n) is 22.0. The number of fused-ring (bicyclic) bond motifs is 15. The number of nitrogens with zero attached hydrogens (tertiary/aromatic N) is 10. The Balaban J connectivity index is 0.000000117. The molecule has 0 saturated carbocycles. The van der Waals surface area contributed by atoms with Crippen molar-refractivity contribution in [2.24, 2.45) is 35.2 Å². The standard InChI is InChI=1S/3C24H23N2.2C23H21N2/c1-15-7-12-21(26(6)14-15)22-16(2)8-10-19-18-11-9-17(25-5)13-20(18)24(3,4)23(19)22;1-15-10-13-20(26(6)14-15)21-16(2)11-12-18-17-8-7-9-19(25-5)22(17)24(3,4)23(18)21;1-15-9-12-20(26(5)14-15)21-16(2)10-11-18-22-17(13-25)7-6-8-19(22)24(3,4)23(18)21;1-15-9-11-17-18-14-16(24-4)10-12-19(18)23(2,3)22(17)21(15)20-8-6-7-13-25(20)5;1-15-13-16(14-24)21-17-9-5-6-10-18(17)23(2,3)22(21)20(15)19-11-7-8-12-25(19)4/h2*7-14H,1-4,6H3;6-12,14H,1-5H3;6-14H,1-3,5H3;5-13H,1-4H3/q5*+1. The summed E-state index contributed by atoms with van der Waals surface area (Å²) >= 11 is 0. The number of aryl methyl sites for hydroxylation is 13. The summed E-state index contributed by atoms with van der Waals surface area (Å²) < 4.78 is 11.0. The Labute approximate surface area is 757 Å². The molecule has 0 atom stereocenters. The molecule has 628 valence electrons. The van der Waals surface area contributed by atoms with Gasteiger partial charge in [0.05, 0.1) is 70.8 Å². The zero-order valence-corrected chi connectivity index (χ0v) is 78.2. The van der Waals surface area contributed by atoms with E-state index in [0.29, 0.717) is 11.4 Å². The molecule has 0 unspecified atom stereocenters. The van der Waals surface area contributed by atoms with Crippen molar-refractivity contribution in [2.75, 3.05) is 0 Å². The summed E-state index contributed by atoms with van der Waals surface area (Å²) in [6, 6.07) is 83.3. The molecule has 5 aromatic heterocycles. The molecule has 0 aliphatic heterocycles. The first-order valence-corrected chi connectivity index (χ1v) is 44.1. The van der Waals surface area contributed by atoms with Crippen LogP contribution in [0.5, 0.6) is 0 Å². The summed E-state index contributed by atoms with van der Waals surface area (Å²) in [6.45, 7) is 62.3. The first-order chi connectivity index (χ1) is 61.0. The van der Waals surface area contributed by atoms with Crippen molar-refractivity contribution in [1.82, 2.24) is 0 Å². The zero-order valence-electron chi connectivity index (χ0n) is 78.2. The number of benzene rings is 10. The Morgan fingerprint density at radius 3 is 1.12 bits per heavy atom. The van der Waals surface area contributed by atoms with Gasteiger partial charge in [0.2, 0.25) is 28.5 Å². The monoisotopic (exact) mass is 1670 g/mol. The van der Waals surface area contributed by atoms with Crippen molar-refractivity contribution >= 4 is 17.1 Å². The van der Waals surface area contributed by atoms with E-state index in [1.165, 1.54) is 190 Å². The molecule has 5 aliphatic carbocycles. The van der Waals surface area contributed by atoms with Gasteiger partial charge in [-0.3, -0.25) is 0 Å². The van der Waals surface area contributed by atoms with Crippen molar-refractivity contribution in [3.63, 3.8) is 0 Å². The van der Waals surface area contributed by atoms with Gasteiger partial charge in [-0.05, 0) is 232 Å².